The average Bonchev–Trinajstić information content (AvgIpc) is 3.67. The topological polar surface area (TPSA) is 114 Å². The maximum atomic E-state index is 14.1. The molecule has 1 aliphatic heterocycles. The number of piperidine rings is 1. The molecule has 0 spiro atoms. The monoisotopic (exact) mass is 513 g/mol. The van der Waals surface area contributed by atoms with E-state index in [1.54, 1.807) is 6.07 Å². The van der Waals surface area contributed by atoms with E-state index in [-0.39, 0.29) is 29.0 Å². The van der Waals surface area contributed by atoms with E-state index < -0.39 is 29.5 Å². The van der Waals surface area contributed by atoms with Crippen molar-refractivity contribution in [2.24, 2.45) is 5.92 Å². The third kappa shape index (κ3) is 5.56. The van der Waals surface area contributed by atoms with E-state index in [0.717, 1.165) is 31.5 Å². The van der Waals surface area contributed by atoms with Crippen LogP contribution in [0.4, 0.5) is 8.78 Å². The van der Waals surface area contributed by atoms with Gasteiger partial charge >= 0.3 is 0 Å². The van der Waals surface area contributed by atoms with E-state index in [2.05, 4.69) is 25.8 Å². The molecule has 196 valence electrons. The maximum Gasteiger partial charge on any atom is 0.273 e. The molecule has 0 radical (unpaired) electrons. The van der Waals surface area contributed by atoms with E-state index in [1.165, 1.54) is 31.2 Å². The van der Waals surface area contributed by atoms with Gasteiger partial charge in [0, 0.05) is 43.4 Å². The summed E-state index contributed by atoms with van der Waals surface area (Å²) in [5.41, 5.74) is 0.560. The number of carbonyl (C=O) groups excluding carboxylic acids is 2. The highest BCUT2D eigenvalue weighted by Gasteiger charge is 2.39. The van der Waals surface area contributed by atoms with Crippen molar-refractivity contribution in [2.45, 2.75) is 57.2 Å². The molecule has 2 fully saturated rings. The summed E-state index contributed by atoms with van der Waals surface area (Å²) in [7, 11) is 0. The second-order valence-corrected chi connectivity index (χ2v) is 9.76. The summed E-state index contributed by atoms with van der Waals surface area (Å²) in [5, 5.41) is 13.6. The molecule has 9 nitrogen and oxygen atoms in total. The summed E-state index contributed by atoms with van der Waals surface area (Å²) >= 11 is 0. The van der Waals surface area contributed by atoms with Crippen LogP contribution in [0.15, 0.2) is 45.6 Å². The molecule has 0 bridgehead atoms. The lowest BCUT2D eigenvalue weighted by Crippen LogP contribution is -2.57. The van der Waals surface area contributed by atoms with Crippen LogP contribution < -0.4 is 10.6 Å². The Labute approximate surface area is 212 Å². The van der Waals surface area contributed by atoms with Crippen molar-refractivity contribution in [1.29, 1.82) is 0 Å². The fraction of sp³-hybridized carbons (Fsp3) is 0.462. The smallest absolute Gasteiger partial charge is 0.273 e. The molecule has 1 aliphatic carbocycles. The van der Waals surface area contributed by atoms with Gasteiger partial charge in [-0.2, -0.15) is 0 Å². The molecule has 5 rings (SSSR count). The minimum Gasteiger partial charge on any atom is -0.364 e. The average molecular weight is 514 g/mol. The van der Waals surface area contributed by atoms with Gasteiger partial charge in [0.2, 0.25) is 5.91 Å². The first-order valence-corrected chi connectivity index (χ1v) is 12.6. The Hall–Kier alpha value is -3.60. The van der Waals surface area contributed by atoms with Crippen molar-refractivity contribution < 1.29 is 27.4 Å². The lowest BCUT2D eigenvalue weighted by atomic mass is 9.89. The van der Waals surface area contributed by atoms with E-state index in [1.807, 2.05) is 6.92 Å². The number of aromatic nitrogens is 2. The van der Waals surface area contributed by atoms with Crippen LogP contribution in [0.2, 0.25) is 0 Å². The Balaban J connectivity index is 1.30. The number of hydrogen-bond acceptors (Lipinski definition) is 7. The van der Waals surface area contributed by atoms with E-state index in [0.29, 0.717) is 24.7 Å². The summed E-state index contributed by atoms with van der Waals surface area (Å²) in [5.74, 6) is -2.73. The molecule has 0 unspecified atom stereocenters. The van der Waals surface area contributed by atoms with Crippen molar-refractivity contribution in [2.75, 3.05) is 13.1 Å². The second kappa shape index (κ2) is 10.8. The Morgan fingerprint density at radius 2 is 1.92 bits per heavy atom. The van der Waals surface area contributed by atoms with Gasteiger partial charge in [-0.15, -0.1) is 0 Å². The number of amides is 2. The number of likely N-dealkylation sites (tertiary alicyclic amines) is 1. The summed E-state index contributed by atoms with van der Waals surface area (Å²) in [6, 6.07) is 5.72. The van der Waals surface area contributed by atoms with Crippen LogP contribution in [0.5, 0.6) is 0 Å². The molecule has 2 aromatic heterocycles. The van der Waals surface area contributed by atoms with Crippen LogP contribution in [0.3, 0.4) is 0 Å². The molecule has 2 aliphatic rings. The molecule has 2 N–H and O–H groups in total. The van der Waals surface area contributed by atoms with Gasteiger partial charge in [0.05, 0.1) is 17.5 Å². The first-order chi connectivity index (χ1) is 17.9. The highest BCUT2D eigenvalue weighted by molar-refractivity contribution is 5.94. The highest BCUT2D eigenvalue weighted by Crippen LogP contribution is 2.29. The normalized spacial score (nSPS) is 21.6. The van der Waals surface area contributed by atoms with Gasteiger partial charge in [-0.25, -0.2) is 8.78 Å². The van der Waals surface area contributed by atoms with Gasteiger partial charge in [-0.05, 0) is 38.3 Å². The van der Waals surface area contributed by atoms with Crippen LogP contribution in [-0.4, -0.2) is 52.2 Å². The summed E-state index contributed by atoms with van der Waals surface area (Å²) in [6.45, 7) is 3.12. The van der Waals surface area contributed by atoms with Crippen molar-refractivity contribution in [1.82, 2.24) is 25.8 Å². The summed E-state index contributed by atoms with van der Waals surface area (Å²) < 4.78 is 37.4. The lowest BCUT2D eigenvalue weighted by Gasteiger charge is -2.41. The minimum atomic E-state index is -0.819. The van der Waals surface area contributed by atoms with Gasteiger partial charge in [-0.3, -0.25) is 14.5 Å². The number of rotatable bonds is 7. The molecule has 3 heterocycles. The van der Waals surface area contributed by atoms with Gasteiger partial charge in [0.25, 0.3) is 5.91 Å². The van der Waals surface area contributed by atoms with E-state index >= 15 is 0 Å². The fourth-order valence-corrected chi connectivity index (χ4v) is 5.30. The summed E-state index contributed by atoms with van der Waals surface area (Å²) in [4.78, 5) is 28.8. The lowest BCUT2D eigenvalue weighted by molar-refractivity contribution is -0.128. The quantitative estimate of drug-likeness (QED) is 0.493. The number of carbonyl (C=O) groups is 2. The largest absolute Gasteiger partial charge is 0.364 e. The molecule has 2 amide bonds. The van der Waals surface area contributed by atoms with Crippen LogP contribution in [0.25, 0.3) is 11.3 Å². The molecule has 1 saturated carbocycles. The summed E-state index contributed by atoms with van der Waals surface area (Å²) in [6.07, 6.45) is 6.64. The molecule has 1 aromatic carbocycles. The SMILES string of the molecule is C[C@@H](NC(=O)[C@H]1CN(C2CCCC2)CC[C@@H]1NC(=O)c1cc(-c2ccc(F)cc2F)on1)c1ccon1. The predicted octanol–water partition coefficient (Wildman–Crippen LogP) is 3.85. The number of benzene rings is 1. The standard InChI is InChI=1S/C26H29F2N5O4/c1-15(21-9-11-36-31-21)29-25(34)19-14-33(17-4-2-3-5-17)10-8-22(19)30-26(35)23-13-24(37-32-23)18-7-6-16(27)12-20(18)28/h6-7,9,11-13,15,17,19,22H,2-5,8,10,14H2,1H3,(H,29,34)(H,30,35)/t15-,19+,22+/m1/s1. The van der Waals surface area contributed by atoms with E-state index in [4.69, 9.17) is 9.05 Å². The van der Waals surface area contributed by atoms with Gasteiger partial charge in [0.1, 0.15) is 23.6 Å². The van der Waals surface area contributed by atoms with Gasteiger partial charge < -0.3 is 19.7 Å². The Bertz CT molecular complexity index is 1240. The third-order valence-electron chi connectivity index (χ3n) is 7.34. The molecule has 3 aromatic rings. The first-order valence-electron chi connectivity index (χ1n) is 12.6. The molecule has 37 heavy (non-hydrogen) atoms. The van der Waals surface area contributed by atoms with Gasteiger partial charge in [0.15, 0.2) is 11.5 Å². The molecule has 11 heteroatoms. The van der Waals surface area contributed by atoms with Crippen molar-refractivity contribution in [3.05, 3.63) is 59.6 Å². The van der Waals surface area contributed by atoms with Crippen LogP contribution in [-0.2, 0) is 4.79 Å². The minimum absolute atomic E-state index is 0.00285. The van der Waals surface area contributed by atoms with Crippen molar-refractivity contribution >= 4 is 11.8 Å². The maximum absolute atomic E-state index is 14.1. The molecule has 3 atom stereocenters. The molecular formula is C26H29F2N5O4. The molecule has 1 saturated heterocycles. The zero-order valence-corrected chi connectivity index (χ0v) is 20.5. The Morgan fingerprint density at radius 3 is 2.65 bits per heavy atom. The fourth-order valence-electron chi connectivity index (χ4n) is 5.30. The van der Waals surface area contributed by atoms with E-state index in [9.17, 15) is 18.4 Å². The first kappa shape index (κ1) is 25.1. The van der Waals surface area contributed by atoms with Crippen molar-refractivity contribution in [3.63, 3.8) is 0 Å². The van der Waals surface area contributed by atoms with Gasteiger partial charge in [-0.1, -0.05) is 23.2 Å². The number of nitrogens with zero attached hydrogens (tertiary/aromatic N) is 3. The Morgan fingerprint density at radius 1 is 1.11 bits per heavy atom. The predicted molar refractivity (Wildman–Crippen MR) is 128 cm³/mol. The second-order valence-electron chi connectivity index (χ2n) is 9.76. The number of nitrogens with one attached hydrogen (secondary N) is 2. The Kier molecular flexibility index (Phi) is 7.31. The number of halogens is 2. The van der Waals surface area contributed by atoms with Crippen LogP contribution in [0.1, 0.15) is 61.3 Å². The number of hydrogen-bond donors (Lipinski definition) is 2. The van der Waals surface area contributed by atoms with Crippen LogP contribution >= 0.6 is 0 Å². The highest BCUT2D eigenvalue weighted by atomic mass is 19.1. The van der Waals surface area contributed by atoms with Crippen LogP contribution in [0, 0.1) is 17.6 Å². The zero-order valence-electron chi connectivity index (χ0n) is 20.5. The molecular weight excluding hydrogens is 484 g/mol. The van der Waals surface area contributed by atoms with Crippen molar-refractivity contribution in [3.8, 4) is 11.3 Å². The zero-order chi connectivity index (χ0) is 25.9. The third-order valence-corrected chi connectivity index (χ3v) is 7.34.